The molecule has 0 radical (unpaired) electrons. The summed E-state index contributed by atoms with van der Waals surface area (Å²) in [5.41, 5.74) is 1.09. The molecule has 5 heteroatoms. The molecule has 1 aromatic heterocycles. The third-order valence-corrected chi connectivity index (χ3v) is 1.97. The fourth-order valence-electron chi connectivity index (χ4n) is 1.21. The van der Waals surface area contributed by atoms with Crippen LogP contribution in [0.15, 0.2) is 18.3 Å². The van der Waals surface area contributed by atoms with Gasteiger partial charge in [0, 0.05) is 18.9 Å². The maximum atomic E-state index is 11.2. The minimum atomic E-state index is -0.291. The van der Waals surface area contributed by atoms with Crippen LogP contribution < -0.4 is 4.90 Å². The van der Waals surface area contributed by atoms with Gasteiger partial charge >= 0.3 is 5.97 Å². The average Bonchev–Trinajstić information content (AvgIpc) is 2.29. The molecule has 0 unspecified atom stereocenters. The Hall–Kier alpha value is -2.09. The highest BCUT2D eigenvalue weighted by atomic mass is 16.5. The number of aromatic nitrogens is 1. The first-order valence-electron chi connectivity index (χ1n) is 4.90. The Kier molecular flexibility index (Phi) is 4.28. The Morgan fingerprint density at radius 1 is 1.69 bits per heavy atom. The van der Waals surface area contributed by atoms with Gasteiger partial charge in [-0.1, -0.05) is 0 Å². The van der Waals surface area contributed by atoms with Gasteiger partial charge in [-0.25, -0.2) is 4.98 Å². The molecular weight excluding hydrogens is 206 g/mol. The van der Waals surface area contributed by atoms with Crippen molar-refractivity contribution in [2.45, 2.75) is 6.92 Å². The van der Waals surface area contributed by atoms with E-state index in [2.05, 4.69) is 4.98 Å². The lowest BCUT2D eigenvalue weighted by molar-refractivity contribution is -0.141. The number of pyridine rings is 1. The number of hydrogen-bond donors (Lipinski definition) is 0. The smallest absolute Gasteiger partial charge is 0.325 e. The fourth-order valence-corrected chi connectivity index (χ4v) is 1.21. The minimum absolute atomic E-state index is 0.155. The third kappa shape index (κ3) is 3.24. The van der Waals surface area contributed by atoms with Crippen molar-refractivity contribution < 1.29 is 9.53 Å². The number of ether oxygens (including phenoxy) is 1. The number of carbonyl (C=O) groups is 1. The molecule has 0 spiro atoms. The van der Waals surface area contributed by atoms with Gasteiger partial charge in [0.1, 0.15) is 18.3 Å². The number of likely N-dealkylation sites (N-methyl/N-ethyl adjacent to an activating group) is 1. The first-order chi connectivity index (χ1) is 7.67. The van der Waals surface area contributed by atoms with Gasteiger partial charge in [-0.3, -0.25) is 4.79 Å². The van der Waals surface area contributed by atoms with Crippen LogP contribution in [0.2, 0.25) is 0 Å². The van der Waals surface area contributed by atoms with Crippen LogP contribution in [0, 0.1) is 11.3 Å². The molecule has 0 bridgehead atoms. The summed E-state index contributed by atoms with van der Waals surface area (Å²) >= 11 is 0. The molecular formula is C11H13N3O2. The predicted octanol–water partition coefficient (Wildman–Crippen LogP) is 0.953. The Balaban J connectivity index is 2.69. The van der Waals surface area contributed by atoms with Crippen molar-refractivity contribution in [3.8, 4) is 6.07 Å². The largest absolute Gasteiger partial charge is 0.465 e. The molecule has 0 aliphatic heterocycles. The maximum absolute atomic E-state index is 11.2. The quantitative estimate of drug-likeness (QED) is 0.705. The van der Waals surface area contributed by atoms with Crippen molar-refractivity contribution in [1.82, 2.24) is 4.98 Å². The van der Waals surface area contributed by atoms with Crippen molar-refractivity contribution in [2.75, 3.05) is 25.1 Å². The summed E-state index contributed by atoms with van der Waals surface area (Å²) in [6.45, 7) is 2.29. The summed E-state index contributed by atoms with van der Waals surface area (Å²) in [6.07, 6.45) is 1.54. The molecule has 84 valence electrons. The van der Waals surface area contributed by atoms with E-state index in [1.165, 1.54) is 6.20 Å². The number of rotatable bonds is 4. The van der Waals surface area contributed by atoms with E-state index in [1.807, 2.05) is 6.07 Å². The predicted molar refractivity (Wildman–Crippen MR) is 58.9 cm³/mol. The highest BCUT2D eigenvalue weighted by Gasteiger charge is 2.08. The minimum Gasteiger partial charge on any atom is -0.465 e. The van der Waals surface area contributed by atoms with E-state index in [0.717, 1.165) is 5.69 Å². The van der Waals surface area contributed by atoms with Crippen molar-refractivity contribution in [2.24, 2.45) is 0 Å². The van der Waals surface area contributed by atoms with Crippen LogP contribution in [-0.4, -0.2) is 31.2 Å². The lowest BCUT2D eigenvalue weighted by Crippen LogP contribution is -2.27. The van der Waals surface area contributed by atoms with Crippen LogP contribution in [0.5, 0.6) is 0 Å². The molecule has 0 amide bonds. The van der Waals surface area contributed by atoms with Gasteiger partial charge in [-0.05, 0) is 19.1 Å². The van der Waals surface area contributed by atoms with Crippen LogP contribution in [0.3, 0.4) is 0 Å². The van der Waals surface area contributed by atoms with Crippen LogP contribution in [0.4, 0.5) is 5.69 Å². The molecule has 5 nitrogen and oxygen atoms in total. The molecule has 0 aliphatic rings. The van der Waals surface area contributed by atoms with Crippen LogP contribution in [-0.2, 0) is 9.53 Å². The third-order valence-electron chi connectivity index (χ3n) is 1.97. The van der Waals surface area contributed by atoms with Gasteiger partial charge in [0.2, 0.25) is 0 Å². The number of esters is 1. The molecule has 1 rings (SSSR count). The molecule has 0 aliphatic carbocycles. The van der Waals surface area contributed by atoms with E-state index in [9.17, 15) is 4.79 Å². The number of nitriles is 1. The van der Waals surface area contributed by atoms with Crippen molar-refractivity contribution in [1.29, 1.82) is 5.26 Å². The lowest BCUT2D eigenvalue weighted by Gasteiger charge is -2.17. The van der Waals surface area contributed by atoms with Gasteiger partial charge in [-0.15, -0.1) is 0 Å². The zero-order valence-electron chi connectivity index (χ0n) is 9.30. The lowest BCUT2D eigenvalue weighted by atomic mass is 10.3. The van der Waals surface area contributed by atoms with E-state index in [1.54, 1.807) is 31.0 Å². The van der Waals surface area contributed by atoms with Crippen molar-refractivity contribution in [3.05, 3.63) is 24.0 Å². The van der Waals surface area contributed by atoms with Gasteiger partial charge in [-0.2, -0.15) is 5.26 Å². The van der Waals surface area contributed by atoms with Gasteiger partial charge in [0.15, 0.2) is 0 Å². The average molecular weight is 219 g/mol. The normalized spacial score (nSPS) is 9.31. The number of anilines is 1. The van der Waals surface area contributed by atoms with E-state index in [0.29, 0.717) is 12.3 Å². The Bertz CT molecular complexity index is 412. The number of nitrogens with zero attached hydrogens (tertiary/aromatic N) is 3. The molecule has 1 aromatic rings. The van der Waals surface area contributed by atoms with Crippen LogP contribution in [0.1, 0.15) is 12.6 Å². The summed E-state index contributed by atoms with van der Waals surface area (Å²) in [6, 6.07) is 5.31. The molecule has 0 N–H and O–H groups in total. The molecule has 0 saturated heterocycles. The van der Waals surface area contributed by atoms with E-state index < -0.39 is 0 Å². The van der Waals surface area contributed by atoms with Crippen molar-refractivity contribution in [3.63, 3.8) is 0 Å². The second-order valence-corrected chi connectivity index (χ2v) is 3.17. The standard InChI is InChI=1S/C11H13N3O2/c1-3-16-11(15)8-14(2)10-4-5-13-9(6-10)7-12/h4-6H,3,8H2,1-2H3. The van der Waals surface area contributed by atoms with Gasteiger partial charge < -0.3 is 9.64 Å². The first-order valence-corrected chi connectivity index (χ1v) is 4.90. The van der Waals surface area contributed by atoms with Crippen molar-refractivity contribution >= 4 is 11.7 Å². The first kappa shape index (κ1) is 12.0. The van der Waals surface area contributed by atoms with Crippen LogP contribution in [0.25, 0.3) is 0 Å². The van der Waals surface area contributed by atoms with Gasteiger partial charge in [0.05, 0.1) is 6.61 Å². The second kappa shape index (κ2) is 5.71. The Morgan fingerprint density at radius 3 is 3.06 bits per heavy atom. The SMILES string of the molecule is CCOC(=O)CN(C)c1ccnc(C#N)c1. The molecule has 0 saturated carbocycles. The molecule has 0 atom stereocenters. The number of hydrogen-bond acceptors (Lipinski definition) is 5. The molecule has 0 aromatic carbocycles. The summed E-state index contributed by atoms with van der Waals surface area (Å²) < 4.78 is 4.83. The Morgan fingerprint density at radius 2 is 2.44 bits per heavy atom. The molecule has 0 fully saturated rings. The maximum Gasteiger partial charge on any atom is 0.325 e. The number of carbonyl (C=O) groups excluding carboxylic acids is 1. The zero-order valence-corrected chi connectivity index (χ0v) is 9.30. The molecule has 1 heterocycles. The Labute approximate surface area is 94.3 Å². The highest BCUT2D eigenvalue weighted by Crippen LogP contribution is 2.12. The summed E-state index contributed by atoms with van der Waals surface area (Å²) in [5, 5.41) is 8.69. The topological polar surface area (TPSA) is 66.2 Å². The highest BCUT2D eigenvalue weighted by molar-refractivity contribution is 5.75. The monoisotopic (exact) mass is 219 g/mol. The van der Waals surface area contributed by atoms with E-state index >= 15 is 0 Å². The second-order valence-electron chi connectivity index (χ2n) is 3.17. The van der Waals surface area contributed by atoms with E-state index in [-0.39, 0.29) is 12.5 Å². The van der Waals surface area contributed by atoms with Gasteiger partial charge in [0.25, 0.3) is 0 Å². The zero-order chi connectivity index (χ0) is 12.0. The summed E-state index contributed by atoms with van der Waals surface area (Å²) in [5.74, 6) is -0.291. The summed E-state index contributed by atoms with van der Waals surface area (Å²) in [7, 11) is 1.76. The summed E-state index contributed by atoms with van der Waals surface area (Å²) in [4.78, 5) is 16.8. The van der Waals surface area contributed by atoms with E-state index in [4.69, 9.17) is 10.00 Å². The molecule has 16 heavy (non-hydrogen) atoms. The fraction of sp³-hybridized carbons (Fsp3) is 0.364. The van der Waals surface area contributed by atoms with Crippen LogP contribution >= 0.6 is 0 Å².